The van der Waals surface area contributed by atoms with E-state index in [1.807, 2.05) is 0 Å². The Morgan fingerprint density at radius 2 is 2.22 bits per heavy atom. The fourth-order valence-electron chi connectivity index (χ4n) is 1.87. The Labute approximate surface area is 111 Å². The lowest BCUT2D eigenvalue weighted by atomic mass is 10.1. The first-order chi connectivity index (χ1) is 8.56. The van der Waals surface area contributed by atoms with Crippen LogP contribution in [-0.2, 0) is 6.54 Å². The molecular formula is C13H17ClN2O2. The predicted octanol–water partition coefficient (Wildman–Crippen LogP) is 1.30. The van der Waals surface area contributed by atoms with Gasteiger partial charge in [0.25, 0.3) is 0 Å². The number of amides is 1. The third-order valence-electron chi connectivity index (χ3n) is 3.45. The quantitative estimate of drug-likeness (QED) is 0.728. The van der Waals surface area contributed by atoms with Gasteiger partial charge in [-0.05, 0) is 30.5 Å². The molecule has 0 saturated heterocycles. The number of nitrogens with one attached hydrogen (secondary N) is 1. The molecule has 5 heteroatoms. The Morgan fingerprint density at radius 1 is 1.50 bits per heavy atom. The molecule has 0 aromatic heterocycles. The lowest BCUT2D eigenvalue weighted by Crippen LogP contribution is -2.26. The number of aliphatic hydroxyl groups excluding tert-OH is 1. The molecule has 0 aliphatic heterocycles. The average molecular weight is 269 g/mol. The molecule has 0 spiro atoms. The first-order valence-corrected chi connectivity index (χ1v) is 6.34. The maximum absolute atomic E-state index is 11.0. The zero-order chi connectivity index (χ0) is 13.2. The van der Waals surface area contributed by atoms with Crippen LogP contribution in [-0.4, -0.2) is 24.2 Å². The van der Waals surface area contributed by atoms with Crippen molar-refractivity contribution in [2.75, 3.05) is 13.2 Å². The van der Waals surface area contributed by atoms with E-state index in [4.69, 9.17) is 17.3 Å². The third-order valence-corrected chi connectivity index (χ3v) is 3.80. The molecule has 1 aromatic rings. The fraction of sp³-hybridized carbons (Fsp3) is 0.462. The normalized spacial score (nSPS) is 16.6. The number of nitrogens with two attached hydrogens (primary N) is 1. The first-order valence-electron chi connectivity index (χ1n) is 5.96. The predicted molar refractivity (Wildman–Crippen MR) is 70.4 cm³/mol. The molecule has 1 saturated carbocycles. The van der Waals surface area contributed by atoms with Crippen molar-refractivity contribution >= 4 is 17.5 Å². The largest absolute Gasteiger partial charge is 0.396 e. The molecule has 1 aromatic carbocycles. The molecule has 1 amide bonds. The van der Waals surface area contributed by atoms with Crippen LogP contribution in [0.4, 0.5) is 0 Å². The van der Waals surface area contributed by atoms with E-state index in [1.54, 1.807) is 18.2 Å². The van der Waals surface area contributed by atoms with Gasteiger partial charge in [0.15, 0.2) is 0 Å². The summed E-state index contributed by atoms with van der Waals surface area (Å²) in [5, 5.41) is 13.0. The van der Waals surface area contributed by atoms with Crippen LogP contribution in [0, 0.1) is 5.41 Å². The second kappa shape index (κ2) is 5.26. The van der Waals surface area contributed by atoms with Crippen molar-refractivity contribution in [3.05, 3.63) is 34.3 Å². The van der Waals surface area contributed by atoms with E-state index >= 15 is 0 Å². The van der Waals surface area contributed by atoms with Gasteiger partial charge in [-0.25, -0.2) is 0 Å². The minimum absolute atomic E-state index is 0.0830. The lowest BCUT2D eigenvalue weighted by molar-refractivity contribution is 0.100. The molecule has 4 nitrogen and oxygen atoms in total. The molecular weight excluding hydrogens is 252 g/mol. The SMILES string of the molecule is NC(=O)c1ccc(CNCC2(CO)CC2)c(Cl)c1. The van der Waals surface area contributed by atoms with E-state index in [-0.39, 0.29) is 12.0 Å². The van der Waals surface area contributed by atoms with Crippen LogP contribution in [0.1, 0.15) is 28.8 Å². The Kier molecular flexibility index (Phi) is 3.90. The fourth-order valence-corrected chi connectivity index (χ4v) is 2.12. The van der Waals surface area contributed by atoms with E-state index in [1.165, 1.54) is 0 Å². The highest BCUT2D eigenvalue weighted by atomic mass is 35.5. The third kappa shape index (κ3) is 3.02. The van der Waals surface area contributed by atoms with Crippen molar-refractivity contribution in [2.45, 2.75) is 19.4 Å². The summed E-state index contributed by atoms with van der Waals surface area (Å²) in [6.45, 7) is 1.64. The zero-order valence-corrected chi connectivity index (χ0v) is 10.8. The topological polar surface area (TPSA) is 75.4 Å². The van der Waals surface area contributed by atoms with Crippen LogP contribution >= 0.6 is 11.6 Å². The number of aliphatic hydroxyl groups is 1. The van der Waals surface area contributed by atoms with Gasteiger partial charge in [0, 0.05) is 35.7 Å². The highest BCUT2D eigenvalue weighted by Gasteiger charge is 2.41. The number of halogens is 1. The zero-order valence-electron chi connectivity index (χ0n) is 10.1. The number of primary amides is 1. The molecule has 0 radical (unpaired) electrons. The molecule has 4 N–H and O–H groups in total. The molecule has 0 atom stereocenters. The minimum Gasteiger partial charge on any atom is -0.396 e. The Morgan fingerprint density at radius 3 is 2.72 bits per heavy atom. The molecule has 1 aliphatic rings. The molecule has 2 rings (SSSR count). The van der Waals surface area contributed by atoms with Crippen molar-refractivity contribution in [3.63, 3.8) is 0 Å². The maximum atomic E-state index is 11.0. The Hall–Kier alpha value is -1.10. The smallest absolute Gasteiger partial charge is 0.248 e. The summed E-state index contributed by atoms with van der Waals surface area (Å²) in [4.78, 5) is 11.0. The Bertz CT molecular complexity index is 458. The summed E-state index contributed by atoms with van der Waals surface area (Å²) in [7, 11) is 0. The van der Waals surface area contributed by atoms with E-state index in [0.29, 0.717) is 17.1 Å². The van der Waals surface area contributed by atoms with Crippen molar-refractivity contribution in [1.29, 1.82) is 0 Å². The van der Waals surface area contributed by atoms with Gasteiger partial charge in [-0.3, -0.25) is 4.79 Å². The highest BCUT2D eigenvalue weighted by molar-refractivity contribution is 6.31. The van der Waals surface area contributed by atoms with Gasteiger partial charge in [-0.15, -0.1) is 0 Å². The monoisotopic (exact) mass is 268 g/mol. The maximum Gasteiger partial charge on any atom is 0.248 e. The second-order valence-electron chi connectivity index (χ2n) is 4.93. The van der Waals surface area contributed by atoms with Gasteiger partial charge >= 0.3 is 0 Å². The number of carbonyl (C=O) groups excluding carboxylic acids is 1. The summed E-state index contributed by atoms with van der Waals surface area (Å²) in [5.74, 6) is -0.478. The summed E-state index contributed by atoms with van der Waals surface area (Å²) in [6.07, 6.45) is 2.15. The standard InChI is InChI=1S/C13H17ClN2O2/c14-11-5-9(12(15)18)1-2-10(11)6-16-7-13(8-17)3-4-13/h1-2,5,16-17H,3-4,6-8H2,(H2,15,18). The second-order valence-corrected chi connectivity index (χ2v) is 5.34. The molecule has 0 unspecified atom stereocenters. The molecule has 18 heavy (non-hydrogen) atoms. The van der Waals surface area contributed by atoms with Crippen LogP contribution in [0.5, 0.6) is 0 Å². The molecule has 1 aliphatic carbocycles. The number of hydrogen-bond donors (Lipinski definition) is 3. The summed E-state index contributed by atoms with van der Waals surface area (Å²) in [5.41, 5.74) is 6.60. The van der Waals surface area contributed by atoms with Crippen LogP contribution < -0.4 is 11.1 Å². The number of benzene rings is 1. The van der Waals surface area contributed by atoms with E-state index in [9.17, 15) is 9.90 Å². The van der Waals surface area contributed by atoms with Gasteiger partial charge in [0.05, 0.1) is 0 Å². The van der Waals surface area contributed by atoms with Gasteiger partial charge < -0.3 is 16.2 Å². The van der Waals surface area contributed by atoms with Gasteiger partial charge in [0.1, 0.15) is 0 Å². The summed E-state index contributed by atoms with van der Waals surface area (Å²) in [6, 6.07) is 5.05. The first kappa shape index (κ1) is 13.3. The summed E-state index contributed by atoms with van der Waals surface area (Å²) >= 11 is 6.08. The minimum atomic E-state index is -0.478. The van der Waals surface area contributed by atoms with Crippen molar-refractivity contribution in [3.8, 4) is 0 Å². The van der Waals surface area contributed by atoms with Crippen molar-refractivity contribution < 1.29 is 9.90 Å². The molecule has 0 bridgehead atoms. The molecule has 0 heterocycles. The van der Waals surface area contributed by atoms with Crippen LogP contribution in [0.25, 0.3) is 0 Å². The van der Waals surface area contributed by atoms with Gasteiger partial charge in [0.2, 0.25) is 5.91 Å². The van der Waals surface area contributed by atoms with E-state index in [0.717, 1.165) is 24.9 Å². The Balaban J connectivity index is 1.91. The number of rotatable bonds is 6. The van der Waals surface area contributed by atoms with E-state index < -0.39 is 5.91 Å². The summed E-state index contributed by atoms with van der Waals surface area (Å²) < 4.78 is 0. The molecule has 1 fully saturated rings. The van der Waals surface area contributed by atoms with E-state index in [2.05, 4.69) is 5.32 Å². The van der Waals surface area contributed by atoms with Crippen molar-refractivity contribution in [1.82, 2.24) is 5.32 Å². The molecule has 98 valence electrons. The van der Waals surface area contributed by atoms with Gasteiger partial charge in [-0.2, -0.15) is 0 Å². The highest BCUT2D eigenvalue weighted by Crippen LogP contribution is 2.44. The average Bonchev–Trinajstić information content (AvgIpc) is 3.11. The lowest BCUT2D eigenvalue weighted by Gasteiger charge is -2.13. The van der Waals surface area contributed by atoms with Gasteiger partial charge in [-0.1, -0.05) is 17.7 Å². The van der Waals surface area contributed by atoms with Crippen molar-refractivity contribution in [2.24, 2.45) is 11.1 Å². The van der Waals surface area contributed by atoms with Crippen LogP contribution in [0.15, 0.2) is 18.2 Å². The van der Waals surface area contributed by atoms with Crippen LogP contribution in [0.3, 0.4) is 0 Å². The number of hydrogen-bond acceptors (Lipinski definition) is 3. The van der Waals surface area contributed by atoms with Crippen LogP contribution in [0.2, 0.25) is 5.02 Å². The number of carbonyl (C=O) groups is 1.